The molecule has 0 saturated heterocycles. The fourth-order valence-corrected chi connectivity index (χ4v) is 3.35. The largest absolute Gasteiger partial charge is 0.493 e. The second-order valence-corrected chi connectivity index (χ2v) is 6.96. The Morgan fingerprint density at radius 3 is 2.03 bits per heavy atom. The van der Waals surface area contributed by atoms with Crippen LogP contribution >= 0.6 is 0 Å². The number of rotatable bonds is 7. The predicted molar refractivity (Wildman–Crippen MR) is 120 cm³/mol. The summed E-state index contributed by atoms with van der Waals surface area (Å²) >= 11 is 0. The van der Waals surface area contributed by atoms with Gasteiger partial charge in [0, 0.05) is 18.0 Å². The van der Waals surface area contributed by atoms with Gasteiger partial charge in [-0.3, -0.25) is 9.36 Å². The molecule has 1 heterocycles. The Labute approximate surface area is 181 Å². The van der Waals surface area contributed by atoms with Gasteiger partial charge in [0.2, 0.25) is 5.75 Å². The molecule has 5 heteroatoms. The van der Waals surface area contributed by atoms with Crippen molar-refractivity contribution in [2.45, 2.75) is 6.61 Å². The fraction of sp³-hybridized carbons (Fsp3) is 0.115. The van der Waals surface area contributed by atoms with Gasteiger partial charge >= 0.3 is 0 Å². The van der Waals surface area contributed by atoms with Gasteiger partial charge in [0.15, 0.2) is 11.5 Å². The summed E-state index contributed by atoms with van der Waals surface area (Å²) in [5.74, 6) is 1.15. The first-order valence-corrected chi connectivity index (χ1v) is 9.90. The second-order valence-electron chi connectivity index (χ2n) is 6.96. The van der Waals surface area contributed by atoms with Crippen LogP contribution in [0.5, 0.6) is 17.2 Å². The van der Waals surface area contributed by atoms with Crippen molar-refractivity contribution in [3.63, 3.8) is 0 Å². The molecule has 0 aliphatic heterocycles. The molecule has 31 heavy (non-hydrogen) atoms. The number of nitrogens with zero attached hydrogens (tertiary/aromatic N) is 1. The van der Waals surface area contributed by atoms with Crippen molar-refractivity contribution in [1.29, 1.82) is 0 Å². The van der Waals surface area contributed by atoms with Crippen LogP contribution in [0.2, 0.25) is 0 Å². The molecule has 0 bridgehead atoms. The maximum atomic E-state index is 13.1. The molecule has 4 aromatic rings. The average molecular weight is 413 g/mol. The standard InChI is InChI=1S/C26H23NO4/c1-29-23-15-22(16-24(30-2)25(23)31-18-19-9-5-3-6-10-19)26(28)27-14-13-21(17-27)20-11-7-4-8-12-20/h3-17H,18H2,1-2H3. The van der Waals surface area contributed by atoms with Gasteiger partial charge in [-0.1, -0.05) is 60.7 Å². The second kappa shape index (κ2) is 9.22. The Bertz CT molecular complexity index is 1140. The Balaban J connectivity index is 1.61. The lowest BCUT2D eigenvalue weighted by Crippen LogP contribution is -2.11. The van der Waals surface area contributed by atoms with Gasteiger partial charge in [0.25, 0.3) is 5.91 Å². The minimum absolute atomic E-state index is 0.187. The molecule has 0 amide bonds. The number of aromatic nitrogens is 1. The molecule has 1 aromatic heterocycles. The van der Waals surface area contributed by atoms with E-state index in [1.165, 1.54) is 0 Å². The third-order valence-electron chi connectivity index (χ3n) is 4.97. The van der Waals surface area contributed by atoms with E-state index < -0.39 is 0 Å². The lowest BCUT2D eigenvalue weighted by Gasteiger charge is -2.16. The van der Waals surface area contributed by atoms with Crippen molar-refractivity contribution in [2.75, 3.05) is 14.2 Å². The van der Waals surface area contributed by atoms with E-state index >= 15 is 0 Å². The van der Waals surface area contributed by atoms with Crippen LogP contribution in [0.4, 0.5) is 0 Å². The summed E-state index contributed by atoms with van der Waals surface area (Å²) in [7, 11) is 3.09. The molecule has 5 nitrogen and oxygen atoms in total. The third kappa shape index (κ3) is 4.46. The van der Waals surface area contributed by atoms with E-state index in [1.54, 1.807) is 37.1 Å². The minimum atomic E-state index is -0.187. The van der Waals surface area contributed by atoms with E-state index in [-0.39, 0.29) is 5.91 Å². The fourth-order valence-electron chi connectivity index (χ4n) is 3.35. The highest BCUT2D eigenvalue weighted by molar-refractivity contribution is 5.97. The molecule has 0 aliphatic rings. The number of carbonyl (C=O) groups excluding carboxylic acids is 1. The highest BCUT2D eigenvalue weighted by atomic mass is 16.5. The summed E-state index contributed by atoms with van der Waals surface area (Å²) in [4.78, 5) is 13.1. The van der Waals surface area contributed by atoms with Crippen molar-refractivity contribution in [3.05, 3.63) is 102 Å². The maximum absolute atomic E-state index is 13.1. The number of ether oxygens (including phenoxy) is 3. The summed E-state index contributed by atoms with van der Waals surface area (Å²) in [6.45, 7) is 0.360. The molecule has 0 fully saturated rings. The summed E-state index contributed by atoms with van der Waals surface area (Å²) in [5, 5.41) is 0. The van der Waals surface area contributed by atoms with E-state index in [2.05, 4.69) is 0 Å². The Morgan fingerprint density at radius 1 is 0.806 bits per heavy atom. The van der Waals surface area contributed by atoms with E-state index in [9.17, 15) is 4.79 Å². The Kier molecular flexibility index (Phi) is 6.03. The zero-order valence-electron chi connectivity index (χ0n) is 17.4. The van der Waals surface area contributed by atoms with Crippen LogP contribution in [0, 0.1) is 0 Å². The molecule has 0 N–H and O–H groups in total. The zero-order valence-corrected chi connectivity index (χ0v) is 17.4. The van der Waals surface area contributed by atoms with Crippen LogP contribution in [0.15, 0.2) is 91.3 Å². The molecule has 156 valence electrons. The van der Waals surface area contributed by atoms with Crippen LogP contribution in [0.3, 0.4) is 0 Å². The van der Waals surface area contributed by atoms with Crippen LogP contribution < -0.4 is 14.2 Å². The third-order valence-corrected chi connectivity index (χ3v) is 4.97. The van der Waals surface area contributed by atoms with E-state index in [4.69, 9.17) is 14.2 Å². The van der Waals surface area contributed by atoms with E-state index in [0.29, 0.717) is 29.4 Å². The smallest absolute Gasteiger partial charge is 0.262 e. The molecule has 0 unspecified atom stereocenters. The number of hydrogen-bond acceptors (Lipinski definition) is 4. The molecule has 0 saturated carbocycles. The SMILES string of the molecule is COc1cc(C(=O)n2ccc(-c3ccccc3)c2)cc(OC)c1OCc1ccccc1. The first kappa shape index (κ1) is 20.3. The maximum Gasteiger partial charge on any atom is 0.262 e. The monoisotopic (exact) mass is 413 g/mol. The van der Waals surface area contributed by atoms with Crippen molar-refractivity contribution < 1.29 is 19.0 Å². The number of carbonyl (C=O) groups is 1. The zero-order chi connectivity index (χ0) is 21.6. The quantitative estimate of drug-likeness (QED) is 0.405. The molecule has 0 radical (unpaired) electrons. The Hall–Kier alpha value is -3.99. The van der Waals surface area contributed by atoms with Crippen LogP contribution in [-0.4, -0.2) is 24.7 Å². The Morgan fingerprint density at radius 2 is 1.42 bits per heavy atom. The topological polar surface area (TPSA) is 49.7 Å². The summed E-state index contributed by atoms with van der Waals surface area (Å²) < 4.78 is 18.5. The number of benzene rings is 3. The molecule has 0 spiro atoms. The molecular weight excluding hydrogens is 390 g/mol. The van der Waals surface area contributed by atoms with E-state index in [0.717, 1.165) is 16.7 Å². The summed E-state index contributed by atoms with van der Waals surface area (Å²) in [6, 6.07) is 25.0. The van der Waals surface area contributed by atoms with Gasteiger partial charge in [-0.15, -0.1) is 0 Å². The van der Waals surface area contributed by atoms with Gasteiger partial charge in [-0.2, -0.15) is 0 Å². The summed E-state index contributed by atoms with van der Waals surface area (Å²) in [5.41, 5.74) is 3.48. The van der Waals surface area contributed by atoms with Crippen molar-refractivity contribution >= 4 is 5.91 Å². The lowest BCUT2D eigenvalue weighted by molar-refractivity contribution is 0.0959. The normalized spacial score (nSPS) is 10.5. The van der Waals surface area contributed by atoms with Crippen LogP contribution in [-0.2, 0) is 6.61 Å². The first-order chi connectivity index (χ1) is 15.2. The van der Waals surface area contributed by atoms with Crippen molar-refractivity contribution in [1.82, 2.24) is 4.57 Å². The number of methoxy groups -OCH3 is 2. The van der Waals surface area contributed by atoms with E-state index in [1.807, 2.05) is 72.9 Å². The predicted octanol–water partition coefficient (Wildman–Crippen LogP) is 5.44. The van der Waals surface area contributed by atoms with Gasteiger partial charge in [0.05, 0.1) is 14.2 Å². The van der Waals surface area contributed by atoms with Gasteiger partial charge in [-0.05, 0) is 34.9 Å². The molecule has 4 rings (SSSR count). The summed E-state index contributed by atoms with van der Waals surface area (Å²) in [6.07, 6.45) is 3.57. The van der Waals surface area contributed by atoms with Crippen molar-refractivity contribution in [3.8, 4) is 28.4 Å². The van der Waals surface area contributed by atoms with Gasteiger partial charge in [0.1, 0.15) is 6.61 Å². The van der Waals surface area contributed by atoms with Crippen LogP contribution in [0.25, 0.3) is 11.1 Å². The highest BCUT2D eigenvalue weighted by Crippen LogP contribution is 2.39. The van der Waals surface area contributed by atoms with Gasteiger partial charge < -0.3 is 14.2 Å². The lowest BCUT2D eigenvalue weighted by atomic mass is 10.1. The first-order valence-electron chi connectivity index (χ1n) is 9.90. The molecule has 0 aliphatic carbocycles. The number of hydrogen-bond donors (Lipinski definition) is 0. The van der Waals surface area contributed by atoms with Gasteiger partial charge in [-0.25, -0.2) is 0 Å². The van der Waals surface area contributed by atoms with Crippen LogP contribution in [0.1, 0.15) is 15.9 Å². The molecular formula is C26H23NO4. The highest BCUT2D eigenvalue weighted by Gasteiger charge is 2.19. The molecule has 3 aromatic carbocycles. The van der Waals surface area contributed by atoms with Crippen molar-refractivity contribution in [2.24, 2.45) is 0 Å². The minimum Gasteiger partial charge on any atom is -0.493 e. The molecule has 0 atom stereocenters. The average Bonchev–Trinajstić information content (AvgIpc) is 3.33.